The molecule has 0 saturated heterocycles. The number of ether oxygens (including phenoxy) is 1. The van der Waals surface area contributed by atoms with Crippen molar-refractivity contribution in [2.75, 3.05) is 26.2 Å². The second kappa shape index (κ2) is 12.9. The monoisotopic (exact) mass is 441 g/mol. The van der Waals surface area contributed by atoms with E-state index in [1.165, 1.54) is 0 Å². The Balaban J connectivity index is 1.81. The molecule has 172 valence electrons. The molecule has 3 rings (SSSR count). The van der Waals surface area contributed by atoms with Crippen LogP contribution in [0.2, 0.25) is 0 Å². The van der Waals surface area contributed by atoms with Crippen molar-refractivity contribution in [3.8, 4) is 0 Å². The number of benzene rings is 3. The van der Waals surface area contributed by atoms with Gasteiger partial charge in [-0.3, -0.25) is 4.90 Å². The van der Waals surface area contributed by atoms with Crippen molar-refractivity contribution in [2.24, 2.45) is 0 Å². The highest BCUT2D eigenvalue weighted by Crippen LogP contribution is 2.40. The highest BCUT2D eigenvalue weighted by molar-refractivity contribution is 5.47. The van der Waals surface area contributed by atoms with E-state index in [1.807, 2.05) is 66.7 Å². The molecule has 0 radical (unpaired) electrons. The average Bonchev–Trinajstić information content (AvgIpc) is 2.87. The lowest BCUT2D eigenvalue weighted by molar-refractivity contribution is -0.00724. The van der Waals surface area contributed by atoms with E-state index in [-0.39, 0.29) is 0 Å². The SMILES string of the molecule is C=CCN(CC=C)CC[C@@H](O)CCOC(c1ccccc1)(c1ccccc1)c1ccccc1. The summed E-state index contributed by atoms with van der Waals surface area (Å²) in [5, 5.41) is 10.7. The van der Waals surface area contributed by atoms with Crippen LogP contribution >= 0.6 is 0 Å². The molecule has 0 amide bonds. The van der Waals surface area contributed by atoms with E-state index in [0.29, 0.717) is 19.4 Å². The minimum Gasteiger partial charge on any atom is -0.393 e. The summed E-state index contributed by atoms with van der Waals surface area (Å²) in [6, 6.07) is 31.0. The Bertz CT molecular complexity index is 850. The fourth-order valence-corrected chi connectivity index (χ4v) is 4.21. The van der Waals surface area contributed by atoms with Gasteiger partial charge in [-0.1, -0.05) is 103 Å². The Kier molecular flexibility index (Phi) is 9.64. The summed E-state index contributed by atoms with van der Waals surface area (Å²) in [4.78, 5) is 2.21. The molecule has 0 spiro atoms. The molecule has 0 aromatic heterocycles. The molecular weight excluding hydrogens is 406 g/mol. The summed E-state index contributed by atoms with van der Waals surface area (Å²) in [6.07, 6.45) is 4.56. The Morgan fingerprint density at radius 3 is 1.55 bits per heavy atom. The second-order valence-electron chi connectivity index (χ2n) is 8.20. The fraction of sp³-hybridized carbons (Fsp3) is 0.267. The van der Waals surface area contributed by atoms with Crippen LogP contribution in [0.15, 0.2) is 116 Å². The standard InChI is InChI=1S/C30H35NO2/c1-3-22-31(23-4-2)24-20-29(32)21-25-33-30(26-14-8-5-9-15-26,27-16-10-6-11-17-27)28-18-12-7-13-19-28/h3-19,29,32H,1-2,20-25H2/t29-/m1/s1. The molecule has 3 nitrogen and oxygen atoms in total. The zero-order valence-corrected chi connectivity index (χ0v) is 19.4. The van der Waals surface area contributed by atoms with Gasteiger partial charge in [-0.15, -0.1) is 13.2 Å². The van der Waals surface area contributed by atoms with Gasteiger partial charge >= 0.3 is 0 Å². The van der Waals surface area contributed by atoms with E-state index in [0.717, 1.165) is 36.3 Å². The molecule has 3 aromatic rings. The first kappa shape index (κ1) is 24.7. The van der Waals surface area contributed by atoms with Crippen molar-refractivity contribution in [3.05, 3.63) is 133 Å². The summed E-state index contributed by atoms with van der Waals surface area (Å²) in [5.41, 5.74) is 2.46. The van der Waals surface area contributed by atoms with E-state index in [4.69, 9.17) is 4.74 Å². The second-order valence-corrected chi connectivity index (χ2v) is 8.20. The van der Waals surface area contributed by atoms with Crippen LogP contribution in [0.1, 0.15) is 29.5 Å². The summed E-state index contributed by atoms with van der Waals surface area (Å²) in [5.74, 6) is 0. The molecule has 1 atom stereocenters. The number of nitrogens with zero attached hydrogens (tertiary/aromatic N) is 1. The van der Waals surface area contributed by atoms with Crippen molar-refractivity contribution in [2.45, 2.75) is 24.5 Å². The van der Waals surface area contributed by atoms with Crippen molar-refractivity contribution >= 4 is 0 Å². The first-order valence-corrected chi connectivity index (χ1v) is 11.6. The normalized spacial score (nSPS) is 12.4. The molecule has 3 heteroatoms. The average molecular weight is 442 g/mol. The number of hydrogen-bond acceptors (Lipinski definition) is 3. The lowest BCUT2D eigenvalue weighted by Crippen LogP contribution is -2.34. The lowest BCUT2D eigenvalue weighted by atomic mass is 9.80. The molecule has 3 aromatic carbocycles. The zero-order chi connectivity index (χ0) is 23.4. The Morgan fingerprint density at radius 1 is 0.727 bits per heavy atom. The highest BCUT2D eigenvalue weighted by Gasteiger charge is 2.37. The molecular formula is C30H35NO2. The van der Waals surface area contributed by atoms with Crippen LogP contribution < -0.4 is 0 Å². The smallest absolute Gasteiger partial charge is 0.143 e. The quantitative estimate of drug-likeness (QED) is 0.253. The van der Waals surface area contributed by atoms with Gasteiger partial charge in [0.05, 0.1) is 12.7 Å². The number of aliphatic hydroxyl groups excluding tert-OH is 1. The molecule has 0 bridgehead atoms. The minimum atomic E-state index is -0.749. The van der Waals surface area contributed by atoms with Gasteiger partial charge in [0.1, 0.15) is 5.60 Å². The predicted molar refractivity (Wildman–Crippen MR) is 137 cm³/mol. The van der Waals surface area contributed by atoms with Crippen molar-refractivity contribution < 1.29 is 9.84 Å². The minimum absolute atomic E-state index is 0.433. The fourth-order valence-electron chi connectivity index (χ4n) is 4.21. The molecule has 0 fully saturated rings. The lowest BCUT2D eigenvalue weighted by Gasteiger charge is -2.36. The third-order valence-electron chi connectivity index (χ3n) is 5.86. The summed E-state index contributed by atoms with van der Waals surface area (Å²) in [7, 11) is 0. The van der Waals surface area contributed by atoms with E-state index in [1.54, 1.807) is 0 Å². The van der Waals surface area contributed by atoms with Gasteiger partial charge < -0.3 is 9.84 Å². The van der Waals surface area contributed by atoms with Gasteiger partial charge in [-0.2, -0.15) is 0 Å². The molecule has 33 heavy (non-hydrogen) atoms. The Morgan fingerprint density at radius 2 is 1.15 bits per heavy atom. The van der Waals surface area contributed by atoms with Crippen LogP contribution in [-0.4, -0.2) is 42.4 Å². The van der Waals surface area contributed by atoms with Gasteiger partial charge in [0.25, 0.3) is 0 Å². The van der Waals surface area contributed by atoms with E-state index < -0.39 is 11.7 Å². The van der Waals surface area contributed by atoms with E-state index in [2.05, 4.69) is 54.5 Å². The first-order valence-electron chi connectivity index (χ1n) is 11.6. The molecule has 0 aliphatic rings. The Labute approximate surface area is 198 Å². The topological polar surface area (TPSA) is 32.7 Å². The van der Waals surface area contributed by atoms with Gasteiger partial charge in [-0.25, -0.2) is 0 Å². The van der Waals surface area contributed by atoms with E-state index >= 15 is 0 Å². The van der Waals surface area contributed by atoms with Gasteiger partial charge in [-0.05, 0) is 29.5 Å². The Hall–Kier alpha value is -2.98. The van der Waals surface area contributed by atoms with Crippen molar-refractivity contribution in [3.63, 3.8) is 0 Å². The van der Waals surface area contributed by atoms with Gasteiger partial charge in [0.15, 0.2) is 0 Å². The molecule has 0 aliphatic carbocycles. The van der Waals surface area contributed by atoms with Crippen molar-refractivity contribution in [1.82, 2.24) is 4.90 Å². The molecule has 0 unspecified atom stereocenters. The summed E-state index contributed by atoms with van der Waals surface area (Å²) < 4.78 is 6.75. The molecule has 0 aliphatic heterocycles. The highest BCUT2D eigenvalue weighted by atomic mass is 16.5. The van der Waals surface area contributed by atoms with Crippen LogP contribution in [0.5, 0.6) is 0 Å². The van der Waals surface area contributed by atoms with E-state index in [9.17, 15) is 5.11 Å². The third-order valence-corrected chi connectivity index (χ3v) is 5.86. The number of aliphatic hydroxyl groups is 1. The van der Waals surface area contributed by atoms with Gasteiger partial charge in [0, 0.05) is 19.6 Å². The van der Waals surface area contributed by atoms with Crippen LogP contribution in [0.3, 0.4) is 0 Å². The molecule has 0 saturated carbocycles. The maximum Gasteiger partial charge on any atom is 0.143 e. The maximum absolute atomic E-state index is 10.7. The predicted octanol–water partition coefficient (Wildman–Crippen LogP) is 5.81. The van der Waals surface area contributed by atoms with Crippen LogP contribution in [0.4, 0.5) is 0 Å². The van der Waals surface area contributed by atoms with Crippen LogP contribution in [0, 0.1) is 0 Å². The third kappa shape index (κ3) is 6.52. The summed E-state index contributed by atoms with van der Waals surface area (Å²) in [6.45, 7) is 10.4. The van der Waals surface area contributed by atoms with Crippen LogP contribution in [0.25, 0.3) is 0 Å². The molecule has 0 heterocycles. The number of hydrogen-bond donors (Lipinski definition) is 1. The van der Waals surface area contributed by atoms with Crippen molar-refractivity contribution in [1.29, 1.82) is 0 Å². The zero-order valence-electron chi connectivity index (χ0n) is 19.4. The largest absolute Gasteiger partial charge is 0.393 e. The molecule has 1 N–H and O–H groups in total. The first-order chi connectivity index (χ1) is 16.2. The maximum atomic E-state index is 10.7. The van der Waals surface area contributed by atoms with Crippen LogP contribution in [-0.2, 0) is 10.3 Å². The van der Waals surface area contributed by atoms with Gasteiger partial charge in [0.2, 0.25) is 0 Å². The summed E-state index contributed by atoms with van der Waals surface area (Å²) >= 11 is 0. The number of rotatable bonds is 14.